The molecule has 0 aromatic heterocycles. The molecule has 28 nitrogen and oxygen atoms in total. The average molecular weight is 1600 g/mol. The molecule has 0 spiro atoms. The molecule has 0 aliphatic rings. The first-order valence-corrected chi connectivity index (χ1v) is 39.8. The van der Waals surface area contributed by atoms with Crippen molar-refractivity contribution in [2.75, 3.05) is 151 Å². The number of aldehydes is 2. The van der Waals surface area contributed by atoms with Crippen LogP contribution >= 0.6 is 12.4 Å². The summed E-state index contributed by atoms with van der Waals surface area (Å²) in [6.07, 6.45) is 12.7. The number of rotatable bonds is 52. The number of amides is 2. The summed E-state index contributed by atoms with van der Waals surface area (Å²) in [5.74, 6) is 0. The molecule has 111 heavy (non-hydrogen) atoms. The summed E-state index contributed by atoms with van der Waals surface area (Å²) in [5, 5.41) is 39.8. The fourth-order valence-corrected chi connectivity index (χ4v) is 8.92. The standard InChI is InChI=1S/C26H49N5O2.C20H40N6.C11H25N3O2.C10H18O5.C8H6O2.C6H17N3.CH4.ClH/c1-5-6-13-27-14-8-17-29-21-23-11-7-12-24(20-23)22-30-18-9-15-28-16-10-19-31-25(32)33-26(2,3)4;21-8-2-10-23-12-4-14-25-17-19-6-1-7-20(16-19)18-26-15-5-13-24-11-3-9-22;1-11(2,3)16-10(15)14-9-5-8-13-7-4-6-12;1-9(2,3)14-7(11)13-8(12)15-10(4,5)6;9-5-7-2-1-3-8(4-7)6-10;7-3-1-5-9-6-2-4-8;;/h7,11-12,20,27-30H,5-6,8-10,13-19,21-22H2,1-4H3,(H,31,32);1,6-7,16,23-26H,2-5,8-15,17-18,21-22H2;13H,4-9,12H2,1-3H3,(H,14,15);1-6H3;1-6H;9H,1-8H2;1H4;1H. The smallest absolute Gasteiger partial charge is 0.444 e. The van der Waals surface area contributed by atoms with Gasteiger partial charge in [-0.15, -0.1) is 12.4 Å². The van der Waals surface area contributed by atoms with Crippen LogP contribution < -0.4 is 92.5 Å². The molecule has 3 aromatic carbocycles. The number of hydrogen-bond donors (Lipinski definition) is 17. The van der Waals surface area contributed by atoms with E-state index in [0.717, 1.165) is 221 Å². The van der Waals surface area contributed by atoms with Crippen molar-refractivity contribution in [2.24, 2.45) is 28.7 Å². The molecule has 0 aliphatic heterocycles. The highest BCUT2D eigenvalue weighted by Crippen LogP contribution is 2.13. The van der Waals surface area contributed by atoms with E-state index in [1.165, 1.54) is 41.5 Å². The lowest BCUT2D eigenvalue weighted by molar-refractivity contribution is -0.0295. The van der Waals surface area contributed by atoms with E-state index in [2.05, 4.69) is 124 Å². The van der Waals surface area contributed by atoms with Crippen LogP contribution in [0.5, 0.6) is 0 Å². The summed E-state index contributed by atoms with van der Waals surface area (Å²) in [6.45, 7) is 48.3. The van der Waals surface area contributed by atoms with E-state index in [9.17, 15) is 28.8 Å². The number of nitrogens with two attached hydrogens (primary N) is 5. The molecule has 22 N–H and O–H groups in total. The highest BCUT2D eigenvalue weighted by Gasteiger charge is 2.24. The van der Waals surface area contributed by atoms with Crippen LogP contribution in [0.2, 0.25) is 0 Å². The van der Waals surface area contributed by atoms with Gasteiger partial charge in [-0.05, 0) is 326 Å². The zero-order chi connectivity index (χ0) is 82.0. The van der Waals surface area contributed by atoms with E-state index >= 15 is 0 Å². The Hall–Kier alpha value is -6.03. The van der Waals surface area contributed by atoms with Crippen molar-refractivity contribution in [2.45, 2.75) is 229 Å². The highest BCUT2D eigenvalue weighted by molar-refractivity contribution is 5.85. The normalized spacial score (nSPS) is 10.9. The van der Waals surface area contributed by atoms with Gasteiger partial charge in [0.05, 0.1) is 0 Å². The van der Waals surface area contributed by atoms with Crippen LogP contribution in [-0.2, 0) is 49.9 Å². The maximum Gasteiger partial charge on any atom is 0.519 e. The zero-order valence-corrected chi connectivity index (χ0v) is 71.0. The van der Waals surface area contributed by atoms with Gasteiger partial charge < -0.3 is 116 Å². The molecule has 0 radical (unpaired) electrons. The number of halogens is 1. The number of nitrogens with one attached hydrogen (secondary N) is 12. The maximum absolute atomic E-state index is 11.6. The van der Waals surface area contributed by atoms with Crippen molar-refractivity contribution in [3.8, 4) is 0 Å². The van der Waals surface area contributed by atoms with E-state index in [-0.39, 0.29) is 32.0 Å². The van der Waals surface area contributed by atoms with Gasteiger partial charge in [-0.3, -0.25) is 9.59 Å². The minimum absolute atomic E-state index is 0. The van der Waals surface area contributed by atoms with Crippen molar-refractivity contribution in [1.82, 2.24) is 63.8 Å². The third-order valence-corrected chi connectivity index (χ3v) is 14.1. The van der Waals surface area contributed by atoms with Gasteiger partial charge in [-0.1, -0.05) is 87.5 Å². The van der Waals surface area contributed by atoms with Crippen LogP contribution in [0.15, 0.2) is 72.8 Å². The Morgan fingerprint density at radius 1 is 0.324 bits per heavy atom. The predicted molar refractivity (Wildman–Crippen MR) is 461 cm³/mol. The highest BCUT2D eigenvalue weighted by atomic mass is 35.5. The van der Waals surface area contributed by atoms with E-state index in [1.54, 1.807) is 65.8 Å². The molecular formula is C82H160ClN17O11. The number of alkyl carbamates (subject to hydrolysis) is 2. The Balaban J connectivity index is -0.000000428. The molecule has 0 heterocycles. The van der Waals surface area contributed by atoms with Gasteiger partial charge in [-0.25, -0.2) is 19.2 Å². The van der Waals surface area contributed by atoms with Crippen LogP contribution in [-0.4, -0.2) is 210 Å². The molecule has 0 fully saturated rings. The molecule has 0 aliphatic carbocycles. The summed E-state index contributed by atoms with van der Waals surface area (Å²) >= 11 is 0. The van der Waals surface area contributed by atoms with Crippen molar-refractivity contribution in [3.63, 3.8) is 0 Å². The number of carbonyl (C=O) groups excluding carboxylic acids is 6. The Morgan fingerprint density at radius 2 is 0.550 bits per heavy atom. The lowest BCUT2D eigenvalue weighted by Gasteiger charge is -2.20. The second kappa shape index (κ2) is 77.9. The van der Waals surface area contributed by atoms with E-state index in [1.807, 2.05) is 41.5 Å². The van der Waals surface area contributed by atoms with Crippen LogP contribution in [0.1, 0.15) is 224 Å². The topological polar surface area (TPSA) is 423 Å². The predicted octanol–water partition coefficient (Wildman–Crippen LogP) is 9.42. The van der Waals surface area contributed by atoms with E-state index in [0.29, 0.717) is 43.3 Å². The average Bonchev–Trinajstić information content (AvgIpc) is 0.919. The summed E-state index contributed by atoms with van der Waals surface area (Å²) in [4.78, 5) is 65.1. The largest absolute Gasteiger partial charge is 0.519 e. The van der Waals surface area contributed by atoms with E-state index < -0.39 is 34.7 Å². The fraction of sp³-hybridized carbons (Fsp3) is 0.707. The maximum atomic E-state index is 11.6. The zero-order valence-electron chi connectivity index (χ0n) is 70.2. The Morgan fingerprint density at radius 3 is 0.784 bits per heavy atom. The van der Waals surface area contributed by atoms with Gasteiger partial charge in [-0.2, -0.15) is 0 Å². The lowest BCUT2D eigenvalue weighted by atomic mass is 10.1. The Labute approximate surface area is 677 Å². The van der Waals surface area contributed by atoms with Crippen LogP contribution in [0.3, 0.4) is 0 Å². The molecule has 0 unspecified atom stereocenters. The van der Waals surface area contributed by atoms with Crippen LogP contribution in [0.25, 0.3) is 0 Å². The molecule has 2 amide bonds. The monoisotopic (exact) mass is 1590 g/mol. The van der Waals surface area contributed by atoms with Crippen LogP contribution in [0.4, 0.5) is 19.2 Å². The van der Waals surface area contributed by atoms with Crippen molar-refractivity contribution in [1.29, 1.82) is 0 Å². The number of benzene rings is 3. The van der Waals surface area contributed by atoms with Gasteiger partial charge in [0.15, 0.2) is 0 Å². The minimum atomic E-state index is -1.06. The molecule has 0 saturated heterocycles. The molecule has 29 heteroatoms. The first-order valence-electron chi connectivity index (χ1n) is 39.8. The van der Waals surface area contributed by atoms with Gasteiger partial charge in [0.1, 0.15) is 35.0 Å². The first-order chi connectivity index (χ1) is 52.0. The summed E-state index contributed by atoms with van der Waals surface area (Å²) in [5.41, 5.74) is 31.0. The number of unbranched alkanes of at least 4 members (excludes halogenated alkanes) is 1. The fourth-order valence-electron chi connectivity index (χ4n) is 8.92. The second-order valence-corrected chi connectivity index (χ2v) is 29.8. The van der Waals surface area contributed by atoms with Gasteiger partial charge in [0.2, 0.25) is 0 Å². The molecule has 0 bridgehead atoms. The quantitative estimate of drug-likeness (QED) is 0.00822. The molecular weight excluding hydrogens is 1430 g/mol. The third kappa shape index (κ3) is 89.4. The summed E-state index contributed by atoms with van der Waals surface area (Å²) < 4.78 is 24.1. The van der Waals surface area contributed by atoms with Crippen molar-refractivity contribution >= 4 is 49.5 Å². The molecule has 3 aromatic rings. The van der Waals surface area contributed by atoms with Crippen molar-refractivity contribution < 1.29 is 52.5 Å². The summed E-state index contributed by atoms with van der Waals surface area (Å²) in [6, 6.07) is 24.2. The first kappa shape index (κ1) is 114. The third-order valence-electron chi connectivity index (χ3n) is 14.1. The SMILES string of the molecule is C.CC(C)(C)OC(=O)NCCCNCCCN.CC(C)(C)OC(=O)OC(=O)OC(C)(C)C.CCCCNCCCNCc1cccc(CNCCCNCCCNC(=O)OC(C)(C)C)c1.Cl.NCCCNCCCN.NCCCNCCCNCc1cccc(CNCCCNCCCN)c1.O=Cc1cccc(C=O)c1. The Bertz CT molecular complexity index is 2560. The number of carbonyl (C=O) groups is 6. The number of hydrogen-bond acceptors (Lipinski definition) is 26. The van der Waals surface area contributed by atoms with Crippen molar-refractivity contribution in [3.05, 3.63) is 106 Å². The van der Waals surface area contributed by atoms with Crippen LogP contribution in [0, 0.1) is 0 Å². The second-order valence-electron chi connectivity index (χ2n) is 29.8. The Kier molecular flexibility index (Phi) is 79.7. The number of ether oxygens (including phenoxy) is 5. The molecule has 646 valence electrons. The lowest BCUT2D eigenvalue weighted by Crippen LogP contribution is -2.34. The van der Waals surface area contributed by atoms with Gasteiger partial charge in [0.25, 0.3) is 0 Å². The van der Waals surface area contributed by atoms with Gasteiger partial charge >= 0.3 is 24.5 Å². The summed E-state index contributed by atoms with van der Waals surface area (Å²) in [7, 11) is 0. The molecule has 0 saturated carbocycles. The van der Waals surface area contributed by atoms with Gasteiger partial charge in [0, 0.05) is 50.4 Å². The molecule has 0 atom stereocenters. The van der Waals surface area contributed by atoms with E-state index in [4.69, 9.17) is 47.6 Å². The molecule has 3 rings (SSSR count). The minimum Gasteiger partial charge on any atom is -0.444 e.